The molecule has 19 heavy (non-hydrogen) atoms. The van der Waals surface area contributed by atoms with Gasteiger partial charge < -0.3 is 10.1 Å². The highest BCUT2D eigenvalue weighted by molar-refractivity contribution is 9.11. The van der Waals surface area contributed by atoms with Crippen LogP contribution in [-0.2, 0) is 6.54 Å². The van der Waals surface area contributed by atoms with E-state index in [1.807, 2.05) is 24.8 Å². The van der Waals surface area contributed by atoms with Gasteiger partial charge in [-0.15, -0.1) is 0 Å². The fourth-order valence-electron chi connectivity index (χ4n) is 1.73. The molecule has 0 radical (unpaired) electrons. The van der Waals surface area contributed by atoms with Gasteiger partial charge in [-0.2, -0.15) is 11.8 Å². The zero-order chi connectivity index (χ0) is 14.3. The molecule has 108 valence electrons. The van der Waals surface area contributed by atoms with Crippen LogP contribution < -0.4 is 10.1 Å². The minimum Gasteiger partial charge on any atom is -0.492 e. The number of hydrogen-bond donors (Lipinski definition) is 1. The van der Waals surface area contributed by atoms with Gasteiger partial charge in [-0.1, -0.05) is 15.9 Å². The summed E-state index contributed by atoms with van der Waals surface area (Å²) < 4.78 is 7.79. The highest BCUT2D eigenvalue weighted by Crippen LogP contribution is 2.33. The third-order valence-corrected chi connectivity index (χ3v) is 4.46. The van der Waals surface area contributed by atoms with Crippen molar-refractivity contribution >= 4 is 43.6 Å². The predicted molar refractivity (Wildman–Crippen MR) is 92.3 cm³/mol. The molecular weight excluding hydrogens is 390 g/mol. The summed E-state index contributed by atoms with van der Waals surface area (Å²) in [6, 6.07) is 4.65. The number of benzene rings is 1. The molecule has 1 N–H and O–H groups in total. The zero-order valence-electron chi connectivity index (χ0n) is 11.6. The summed E-state index contributed by atoms with van der Waals surface area (Å²) in [6.45, 7) is 5.73. The van der Waals surface area contributed by atoms with Crippen LogP contribution >= 0.6 is 43.6 Å². The van der Waals surface area contributed by atoms with Gasteiger partial charge in [0.05, 0.1) is 11.1 Å². The zero-order valence-corrected chi connectivity index (χ0v) is 15.6. The van der Waals surface area contributed by atoms with Crippen molar-refractivity contribution in [3.8, 4) is 5.75 Å². The summed E-state index contributed by atoms with van der Waals surface area (Å²) in [4.78, 5) is 0. The van der Waals surface area contributed by atoms with E-state index in [9.17, 15) is 0 Å². The lowest BCUT2D eigenvalue weighted by atomic mass is 10.1. The van der Waals surface area contributed by atoms with Gasteiger partial charge in [0.1, 0.15) is 5.75 Å². The first kappa shape index (κ1) is 17.3. The number of rotatable bonds is 8. The molecule has 0 amide bonds. The Labute approximate surface area is 137 Å². The Bertz CT molecular complexity index is 401. The van der Waals surface area contributed by atoms with Crippen molar-refractivity contribution in [3.63, 3.8) is 0 Å². The molecule has 1 aromatic rings. The van der Waals surface area contributed by atoms with E-state index >= 15 is 0 Å². The van der Waals surface area contributed by atoms with Crippen molar-refractivity contribution in [1.82, 2.24) is 5.32 Å². The SMILES string of the molecule is CCOc1c(Br)cc(Br)cc1CNC(C)CCSC. The molecule has 1 atom stereocenters. The largest absolute Gasteiger partial charge is 0.492 e. The van der Waals surface area contributed by atoms with Gasteiger partial charge in [0.2, 0.25) is 0 Å². The lowest BCUT2D eigenvalue weighted by Gasteiger charge is -2.17. The molecule has 0 aliphatic heterocycles. The van der Waals surface area contributed by atoms with Crippen LogP contribution in [0.1, 0.15) is 25.8 Å². The van der Waals surface area contributed by atoms with E-state index in [-0.39, 0.29) is 0 Å². The standard InChI is InChI=1S/C14H21Br2NOS/c1-4-18-14-11(7-12(15)8-13(14)16)9-17-10(2)5-6-19-3/h7-8,10,17H,4-6,9H2,1-3H3. The molecule has 0 aliphatic carbocycles. The quantitative estimate of drug-likeness (QED) is 0.662. The number of nitrogens with one attached hydrogen (secondary N) is 1. The van der Waals surface area contributed by atoms with Crippen molar-refractivity contribution in [1.29, 1.82) is 0 Å². The Morgan fingerprint density at radius 2 is 2.11 bits per heavy atom. The Morgan fingerprint density at radius 1 is 1.37 bits per heavy atom. The maximum absolute atomic E-state index is 5.72. The molecule has 1 unspecified atom stereocenters. The highest BCUT2D eigenvalue weighted by Gasteiger charge is 2.11. The number of halogens is 2. The molecule has 0 saturated carbocycles. The van der Waals surface area contributed by atoms with E-state index < -0.39 is 0 Å². The van der Waals surface area contributed by atoms with Crippen LogP contribution in [0.5, 0.6) is 5.75 Å². The Morgan fingerprint density at radius 3 is 2.74 bits per heavy atom. The lowest BCUT2D eigenvalue weighted by Crippen LogP contribution is -2.26. The Hall–Kier alpha value is 0.290. The number of thioether (sulfide) groups is 1. The minimum absolute atomic E-state index is 0.514. The Kier molecular flexibility index (Phi) is 8.46. The van der Waals surface area contributed by atoms with E-state index in [0.717, 1.165) is 21.2 Å². The molecule has 5 heteroatoms. The molecule has 0 aromatic heterocycles. The van der Waals surface area contributed by atoms with E-state index in [4.69, 9.17) is 4.74 Å². The summed E-state index contributed by atoms with van der Waals surface area (Å²) in [7, 11) is 0. The second-order valence-electron chi connectivity index (χ2n) is 4.37. The number of hydrogen-bond acceptors (Lipinski definition) is 3. The van der Waals surface area contributed by atoms with Crippen molar-refractivity contribution in [2.75, 3.05) is 18.6 Å². The first-order chi connectivity index (χ1) is 9.08. The van der Waals surface area contributed by atoms with E-state index in [0.29, 0.717) is 12.6 Å². The monoisotopic (exact) mass is 409 g/mol. The second kappa shape index (κ2) is 9.27. The molecule has 1 rings (SSSR count). The Balaban J connectivity index is 2.70. The van der Waals surface area contributed by atoms with Gasteiger partial charge in [0.15, 0.2) is 0 Å². The summed E-state index contributed by atoms with van der Waals surface area (Å²) in [6.07, 6.45) is 3.33. The average Bonchev–Trinajstić information content (AvgIpc) is 2.37. The van der Waals surface area contributed by atoms with Crippen molar-refractivity contribution in [2.24, 2.45) is 0 Å². The molecule has 0 heterocycles. The maximum Gasteiger partial charge on any atom is 0.138 e. The summed E-state index contributed by atoms with van der Waals surface area (Å²) >= 11 is 8.98. The summed E-state index contributed by atoms with van der Waals surface area (Å²) in [5, 5.41) is 3.55. The van der Waals surface area contributed by atoms with Gasteiger partial charge in [0.25, 0.3) is 0 Å². The van der Waals surface area contributed by atoms with E-state index in [1.54, 1.807) is 0 Å². The normalized spacial score (nSPS) is 12.5. The lowest BCUT2D eigenvalue weighted by molar-refractivity contribution is 0.332. The maximum atomic E-state index is 5.72. The fourth-order valence-corrected chi connectivity index (χ4v) is 3.75. The van der Waals surface area contributed by atoms with Crippen LogP contribution in [0.2, 0.25) is 0 Å². The molecule has 1 aromatic carbocycles. The third-order valence-electron chi connectivity index (χ3n) is 2.77. The summed E-state index contributed by atoms with van der Waals surface area (Å²) in [5.41, 5.74) is 1.18. The molecule has 0 spiro atoms. The average molecular weight is 411 g/mol. The van der Waals surface area contributed by atoms with E-state index in [1.165, 1.54) is 17.7 Å². The topological polar surface area (TPSA) is 21.3 Å². The predicted octanol–water partition coefficient (Wildman–Crippen LogP) is 4.84. The fraction of sp³-hybridized carbons (Fsp3) is 0.571. The van der Waals surface area contributed by atoms with Crippen molar-refractivity contribution < 1.29 is 4.74 Å². The van der Waals surface area contributed by atoms with Crippen LogP contribution in [0.4, 0.5) is 0 Å². The molecule has 0 aliphatic rings. The minimum atomic E-state index is 0.514. The van der Waals surface area contributed by atoms with Crippen LogP contribution in [0, 0.1) is 0 Å². The van der Waals surface area contributed by atoms with Gasteiger partial charge >= 0.3 is 0 Å². The van der Waals surface area contributed by atoms with Crippen LogP contribution in [0.3, 0.4) is 0 Å². The summed E-state index contributed by atoms with van der Waals surface area (Å²) in [5.74, 6) is 2.13. The van der Waals surface area contributed by atoms with Gasteiger partial charge in [0, 0.05) is 22.6 Å². The molecular formula is C14H21Br2NOS. The smallest absolute Gasteiger partial charge is 0.138 e. The van der Waals surface area contributed by atoms with Gasteiger partial charge in [-0.3, -0.25) is 0 Å². The van der Waals surface area contributed by atoms with Gasteiger partial charge in [-0.25, -0.2) is 0 Å². The first-order valence-electron chi connectivity index (χ1n) is 6.41. The molecule has 0 fully saturated rings. The number of ether oxygens (including phenoxy) is 1. The molecule has 2 nitrogen and oxygen atoms in total. The first-order valence-corrected chi connectivity index (χ1v) is 9.39. The van der Waals surface area contributed by atoms with Crippen LogP contribution in [-0.4, -0.2) is 24.7 Å². The van der Waals surface area contributed by atoms with Crippen LogP contribution in [0.15, 0.2) is 21.1 Å². The molecule has 0 saturated heterocycles. The van der Waals surface area contributed by atoms with Gasteiger partial charge in [-0.05, 0) is 60.3 Å². The third kappa shape index (κ3) is 6.06. The highest BCUT2D eigenvalue weighted by atomic mass is 79.9. The van der Waals surface area contributed by atoms with Crippen molar-refractivity contribution in [3.05, 3.63) is 26.6 Å². The second-order valence-corrected chi connectivity index (χ2v) is 7.13. The van der Waals surface area contributed by atoms with Crippen molar-refractivity contribution in [2.45, 2.75) is 32.9 Å². The van der Waals surface area contributed by atoms with E-state index in [2.05, 4.69) is 56.4 Å². The van der Waals surface area contributed by atoms with Crippen LogP contribution in [0.25, 0.3) is 0 Å². The molecule has 0 bridgehead atoms.